The molecule has 2 aromatic heterocycles. The molecule has 0 radical (unpaired) electrons. The van der Waals surface area contributed by atoms with Gasteiger partial charge in [0.1, 0.15) is 23.4 Å². The van der Waals surface area contributed by atoms with Gasteiger partial charge < -0.3 is 37.4 Å². The number of hydrogen-bond donors (Lipinski definition) is 5. The highest BCUT2D eigenvalue weighted by molar-refractivity contribution is 8.00. The zero-order valence-corrected chi connectivity index (χ0v) is 22.9. The number of hydrogen-bond acceptors (Lipinski definition) is 14. The standard InChI is InChI=1S/C20H26N10O5S3/c1-3-29-9(21)5-10(24-18(29)22)36-7-20(17(33)34)6-30-15(32)12(16(30)37-8-20)25-14(31)11(27-35-4-2)13-26-19(23)38-28-13/h5,12,16H,3-4,6-8H2,1-2H3,(H7,21,22,23,24,25,26,28,31,33,34)/p+1/t12-,16-,20?/m1/s1. The van der Waals surface area contributed by atoms with Crippen molar-refractivity contribution in [1.82, 2.24) is 24.6 Å². The highest BCUT2D eigenvalue weighted by Crippen LogP contribution is 2.44. The molecule has 8 N–H and O–H groups in total. The first-order valence-corrected chi connectivity index (χ1v) is 14.3. The number of anilines is 3. The van der Waals surface area contributed by atoms with Crippen LogP contribution >= 0.6 is 35.1 Å². The number of carboxylic acid groups (broad SMARTS) is 1. The Balaban J connectivity index is 1.44. The van der Waals surface area contributed by atoms with Gasteiger partial charge in [-0.05, 0) is 13.8 Å². The molecule has 0 saturated carbocycles. The summed E-state index contributed by atoms with van der Waals surface area (Å²) in [6.45, 7) is 4.31. The van der Waals surface area contributed by atoms with Gasteiger partial charge in [0.25, 0.3) is 5.91 Å². The maximum Gasteiger partial charge on any atom is 0.346 e. The molecule has 15 nitrogen and oxygen atoms in total. The molecule has 2 aliphatic rings. The van der Waals surface area contributed by atoms with Crippen LogP contribution in [0.5, 0.6) is 0 Å². The Kier molecular flexibility index (Phi) is 8.12. The van der Waals surface area contributed by atoms with Crippen LogP contribution in [-0.2, 0) is 25.8 Å². The van der Waals surface area contributed by atoms with E-state index in [1.54, 1.807) is 17.6 Å². The van der Waals surface area contributed by atoms with Crippen molar-refractivity contribution < 1.29 is 28.9 Å². The minimum Gasteiger partial charge on any atom is -0.481 e. The second-order valence-corrected chi connectivity index (χ2v) is 11.3. The molecule has 2 aliphatic heterocycles. The maximum atomic E-state index is 13.0. The minimum atomic E-state index is -1.23. The summed E-state index contributed by atoms with van der Waals surface area (Å²) >= 11 is 3.39. The van der Waals surface area contributed by atoms with Crippen LogP contribution in [0.15, 0.2) is 16.2 Å². The van der Waals surface area contributed by atoms with Gasteiger partial charge in [-0.3, -0.25) is 14.4 Å². The van der Waals surface area contributed by atoms with Crippen molar-refractivity contribution in [2.24, 2.45) is 10.6 Å². The van der Waals surface area contributed by atoms with Crippen LogP contribution in [0, 0.1) is 5.41 Å². The molecule has 4 heterocycles. The summed E-state index contributed by atoms with van der Waals surface area (Å²) in [5.74, 6) is -1.13. The van der Waals surface area contributed by atoms with Crippen LogP contribution in [0.1, 0.15) is 19.7 Å². The number of fused-ring (bicyclic) bond motifs is 1. The number of carbonyl (C=O) groups excluding carboxylic acids is 2. The summed E-state index contributed by atoms with van der Waals surface area (Å²) in [6.07, 6.45) is 0. The summed E-state index contributed by atoms with van der Waals surface area (Å²) in [5.41, 5.74) is 16.2. The number of nitrogens with one attached hydrogen (secondary N) is 1. The molecule has 2 amide bonds. The fourth-order valence-corrected chi connectivity index (χ4v) is 7.14. The van der Waals surface area contributed by atoms with E-state index in [2.05, 4.69) is 24.8 Å². The summed E-state index contributed by atoms with van der Waals surface area (Å²) in [4.78, 5) is 53.0. The molecule has 3 atom stereocenters. The van der Waals surface area contributed by atoms with Crippen LogP contribution in [0.3, 0.4) is 0 Å². The van der Waals surface area contributed by atoms with E-state index in [0.717, 1.165) is 11.5 Å². The molecule has 4 rings (SSSR count). The average molecular weight is 584 g/mol. The quantitative estimate of drug-likeness (QED) is 0.0564. The molecule has 2 fully saturated rings. The zero-order chi connectivity index (χ0) is 27.6. The van der Waals surface area contributed by atoms with Crippen molar-refractivity contribution >= 4 is 75.4 Å². The third-order valence-electron chi connectivity index (χ3n) is 5.94. The number of amides is 2. The first-order chi connectivity index (χ1) is 18.1. The van der Waals surface area contributed by atoms with Crippen molar-refractivity contribution in [3.63, 3.8) is 0 Å². The van der Waals surface area contributed by atoms with E-state index in [0.29, 0.717) is 17.4 Å². The average Bonchev–Trinajstić information content (AvgIpc) is 3.31. The Bertz CT molecular complexity index is 1270. The molecule has 204 valence electrons. The van der Waals surface area contributed by atoms with E-state index in [-0.39, 0.29) is 47.3 Å². The highest BCUT2D eigenvalue weighted by Gasteiger charge is 2.57. The van der Waals surface area contributed by atoms with Gasteiger partial charge in [0.2, 0.25) is 17.4 Å². The normalized spacial score (nSPS) is 22.9. The number of oxime groups is 1. The molecular weight excluding hydrogens is 556 g/mol. The SMILES string of the molecule is CCON=C(C(=O)N[C@@H]1C(=O)N2CC(CSc3cc(N)[n+](CC)c(N)n3)(C(=O)O)CS[C@H]12)c1nsc(N)n1. The monoisotopic (exact) mass is 583 g/mol. The lowest BCUT2D eigenvalue weighted by Gasteiger charge is -2.53. The molecule has 38 heavy (non-hydrogen) atoms. The van der Waals surface area contributed by atoms with Crippen LogP contribution in [-0.4, -0.2) is 83.9 Å². The highest BCUT2D eigenvalue weighted by atomic mass is 32.2. The molecular formula is C20H27N10O5S3+. The number of nitrogen functional groups attached to an aromatic ring is 3. The number of rotatable bonds is 10. The molecule has 2 aromatic rings. The molecule has 0 spiro atoms. The molecule has 0 bridgehead atoms. The van der Waals surface area contributed by atoms with Crippen LogP contribution in [0.2, 0.25) is 0 Å². The van der Waals surface area contributed by atoms with Crippen molar-refractivity contribution in [3.05, 3.63) is 11.9 Å². The van der Waals surface area contributed by atoms with Crippen LogP contribution < -0.4 is 27.1 Å². The van der Waals surface area contributed by atoms with E-state index < -0.39 is 34.6 Å². The fraction of sp³-hybridized carbons (Fsp3) is 0.500. The Hall–Kier alpha value is -3.38. The number of aliphatic carboxylic acids is 1. The number of nitrogens with zero attached hydrogens (tertiary/aromatic N) is 6. The van der Waals surface area contributed by atoms with Crippen molar-refractivity contribution in [2.45, 2.75) is 36.8 Å². The number of aromatic nitrogens is 4. The van der Waals surface area contributed by atoms with Gasteiger partial charge in [-0.1, -0.05) is 16.9 Å². The predicted molar refractivity (Wildman–Crippen MR) is 142 cm³/mol. The van der Waals surface area contributed by atoms with Crippen molar-refractivity contribution in [3.8, 4) is 0 Å². The van der Waals surface area contributed by atoms with Crippen molar-refractivity contribution in [1.29, 1.82) is 0 Å². The Morgan fingerprint density at radius 3 is 2.74 bits per heavy atom. The third kappa shape index (κ3) is 5.28. The first kappa shape index (κ1) is 27.6. The third-order valence-corrected chi connectivity index (χ3v) is 9.27. The number of thioether (sulfide) groups is 2. The predicted octanol–water partition coefficient (Wildman–Crippen LogP) is -1.01. The van der Waals surface area contributed by atoms with Gasteiger partial charge in [0.05, 0.1) is 6.54 Å². The van der Waals surface area contributed by atoms with E-state index in [1.165, 1.54) is 28.4 Å². The van der Waals surface area contributed by atoms with E-state index in [4.69, 9.17) is 22.0 Å². The number of nitrogens with two attached hydrogens (primary N) is 3. The summed E-state index contributed by atoms with van der Waals surface area (Å²) in [6, 6.07) is 0.778. The van der Waals surface area contributed by atoms with E-state index in [9.17, 15) is 19.5 Å². The topological polar surface area (TPSA) is 229 Å². The summed E-state index contributed by atoms with van der Waals surface area (Å²) < 4.78 is 5.62. The lowest BCUT2D eigenvalue weighted by molar-refractivity contribution is -0.667. The molecule has 0 aliphatic carbocycles. The minimum absolute atomic E-state index is 0.0134. The van der Waals surface area contributed by atoms with Crippen molar-refractivity contribution in [2.75, 3.05) is 41.9 Å². The molecule has 2 saturated heterocycles. The van der Waals surface area contributed by atoms with Gasteiger partial charge in [0, 0.05) is 35.6 Å². The summed E-state index contributed by atoms with van der Waals surface area (Å²) in [5, 5.41) is 16.7. The van der Waals surface area contributed by atoms with Gasteiger partial charge in [-0.15, -0.1) is 16.7 Å². The Morgan fingerprint density at radius 1 is 1.37 bits per heavy atom. The second kappa shape index (κ2) is 11.2. The second-order valence-electron chi connectivity index (χ2n) is 8.43. The van der Waals surface area contributed by atoms with Crippen LogP contribution in [0.4, 0.5) is 16.9 Å². The molecule has 0 aromatic carbocycles. The lowest BCUT2D eigenvalue weighted by atomic mass is 9.89. The van der Waals surface area contributed by atoms with Gasteiger partial charge >= 0.3 is 11.9 Å². The molecule has 1 unspecified atom stereocenters. The van der Waals surface area contributed by atoms with Gasteiger partial charge in [0.15, 0.2) is 16.0 Å². The number of β-lactam (4-membered cyclic amide) rings is 1. The molecule has 18 heteroatoms. The number of carbonyl (C=O) groups is 3. The fourth-order valence-electron chi connectivity index (χ4n) is 3.93. The van der Waals surface area contributed by atoms with E-state index in [1.807, 2.05) is 6.92 Å². The first-order valence-electron chi connectivity index (χ1n) is 11.4. The Labute approximate surface area is 229 Å². The zero-order valence-electron chi connectivity index (χ0n) is 20.5. The van der Waals surface area contributed by atoms with Gasteiger partial charge in [-0.2, -0.15) is 9.36 Å². The van der Waals surface area contributed by atoms with Crippen LogP contribution in [0.25, 0.3) is 0 Å². The largest absolute Gasteiger partial charge is 0.481 e. The Morgan fingerprint density at radius 2 is 2.13 bits per heavy atom. The van der Waals surface area contributed by atoms with E-state index >= 15 is 0 Å². The smallest absolute Gasteiger partial charge is 0.346 e. The maximum absolute atomic E-state index is 13.0. The summed E-state index contributed by atoms with van der Waals surface area (Å²) in [7, 11) is 0. The number of carboxylic acids is 1. The van der Waals surface area contributed by atoms with Gasteiger partial charge in [-0.25, -0.2) is 4.57 Å². The lowest BCUT2D eigenvalue weighted by Crippen LogP contribution is -2.74.